The fourth-order valence-corrected chi connectivity index (χ4v) is 5.11. The number of thiophene rings is 1. The van der Waals surface area contributed by atoms with E-state index >= 15 is 0 Å². The fourth-order valence-electron chi connectivity index (χ4n) is 4.17. The molecule has 0 fully saturated rings. The molecular formula is C34H45N7O7S. The summed E-state index contributed by atoms with van der Waals surface area (Å²) in [6, 6.07) is 13.7. The average Bonchev–Trinajstić information content (AvgIpc) is 3.79. The van der Waals surface area contributed by atoms with Crippen LogP contribution < -0.4 is 27.4 Å². The summed E-state index contributed by atoms with van der Waals surface area (Å²) < 4.78 is 18.3. The predicted molar refractivity (Wildman–Crippen MR) is 195 cm³/mol. The van der Waals surface area contributed by atoms with Crippen LogP contribution in [0, 0.1) is 0 Å². The highest BCUT2D eigenvalue weighted by Crippen LogP contribution is 2.30. The molecule has 0 aliphatic carbocycles. The molecular weight excluding hydrogens is 650 g/mol. The van der Waals surface area contributed by atoms with Crippen molar-refractivity contribution in [2.45, 2.75) is 47.1 Å². The van der Waals surface area contributed by atoms with Gasteiger partial charge in [-0.3, -0.25) is 14.9 Å². The highest BCUT2D eigenvalue weighted by Gasteiger charge is 2.20. The normalized spacial score (nSPS) is 10.3. The summed E-state index contributed by atoms with van der Waals surface area (Å²) in [5, 5.41) is 9.59. The van der Waals surface area contributed by atoms with Crippen molar-refractivity contribution >= 4 is 73.5 Å². The summed E-state index contributed by atoms with van der Waals surface area (Å²) in [5.41, 5.74) is 9.90. The van der Waals surface area contributed by atoms with Crippen LogP contribution >= 0.6 is 11.3 Å². The van der Waals surface area contributed by atoms with E-state index in [1.54, 1.807) is 77.2 Å². The third kappa shape index (κ3) is 10.9. The molecule has 0 radical (unpaired) electrons. The van der Waals surface area contributed by atoms with Crippen LogP contribution in [0.3, 0.4) is 0 Å². The van der Waals surface area contributed by atoms with E-state index < -0.39 is 23.6 Å². The third-order valence-electron chi connectivity index (χ3n) is 5.96. The number of nitrogens with zero attached hydrogens (tertiary/aromatic N) is 2. The number of anilines is 3. The number of nitrogens with one attached hydrogen (secondary N) is 3. The van der Waals surface area contributed by atoms with Gasteiger partial charge >= 0.3 is 12.1 Å². The van der Waals surface area contributed by atoms with E-state index in [0.29, 0.717) is 27.2 Å². The van der Waals surface area contributed by atoms with E-state index in [4.69, 9.17) is 13.9 Å². The Morgan fingerprint density at radius 3 is 2.16 bits per heavy atom. The molecule has 0 aliphatic rings. The van der Waals surface area contributed by atoms with Crippen molar-refractivity contribution in [1.82, 2.24) is 9.55 Å². The Morgan fingerprint density at radius 2 is 1.51 bits per heavy atom. The van der Waals surface area contributed by atoms with Crippen molar-refractivity contribution in [1.29, 1.82) is 0 Å². The summed E-state index contributed by atoms with van der Waals surface area (Å²) in [5.74, 6) is -1.21. The van der Waals surface area contributed by atoms with Gasteiger partial charge < -0.3 is 40.6 Å². The van der Waals surface area contributed by atoms with E-state index in [2.05, 4.69) is 32.4 Å². The van der Waals surface area contributed by atoms with E-state index in [1.807, 2.05) is 19.9 Å². The molecule has 0 saturated heterocycles. The smallest absolute Gasteiger partial charge is 0.412 e. The highest BCUT2D eigenvalue weighted by molar-refractivity contribution is 7.20. The molecule has 0 spiro atoms. The maximum absolute atomic E-state index is 13.1. The quantitative estimate of drug-likeness (QED) is 0.116. The zero-order chi connectivity index (χ0) is 36.9. The molecule has 0 aliphatic heterocycles. The Balaban J connectivity index is 0.00000132. The molecule has 2 aromatic carbocycles. The number of aryl methyl sites for hydroxylation is 1. The zero-order valence-corrected chi connectivity index (χ0v) is 30.0. The van der Waals surface area contributed by atoms with Crippen LogP contribution in [0.15, 0.2) is 59.1 Å². The van der Waals surface area contributed by atoms with Crippen LogP contribution in [0.1, 0.15) is 72.4 Å². The molecule has 0 atom stereocenters. The Kier molecular flexibility index (Phi) is 14.9. The number of ether oxygens (including phenoxy) is 2. The first-order valence-electron chi connectivity index (χ1n) is 15.4. The van der Waals surface area contributed by atoms with Crippen LogP contribution in [0.4, 0.5) is 22.0 Å². The standard InChI is InChI=1S/C30H29N5O7S.C2H6.2CH5N/c1-6-40-28(38)25-33-24(15-35(25)5)34-26(36)21-13-16-11-18(7-9-20(16)41-21)31-27(37)23-14-17-12-19(8-10-22(17)43-23)32-29(39)42-30(2,3)4;3*1-2/h7-15H,6H2,1-5H3,(H,31,37)(H,32,39)(H,34,36);1-2H3;2*2H2,1H3. The van der Waals surface area contributed by atoms with Gasteiger partial charge in [-0.1, -0.05) is 13.8 Å². The van der Waals surface area contributed by atoms with Gasteiger partial charge in [-0.2, -0.15) is 0 Å². The number of esters is 1. The number of amides is 3. The minimum atomic E-state index is -0.619. The molecule has 7 N–H and O–H groups in total. The van der Waals surface area contributed by atoms with Gasteiger partial charge in [-0.05, 0) is 95.7 Å². The molecule has 264 valence electrons. The van der Waals surface area contributed by atoms with Crippen molar-refractivity contribution in [3.63, 3.8) is 0 Å². The molecule has 3 aromatic heterocycles. The second kappa shape index (κ2) is 18.3. The first-order chi connectivity index (χ1) is 23.4. The predicted octanol–water partition coefficient (Wildman–Crippen LogP) is 6.59. The van der Waals surface area contributed by atoms with Gasteiger partial charge in [-0.15, -0.1) is 11.3 Å². The molecule has 3 heterocycles. The average molecular weight is 696 g/mol. The van der Waals surface area contributed by atoms with Gasteiger partial charge in [0, 0.05) is 34.7 Å². The number of furan rings is 1. The lowest BCUT2D eigenvalue weighted by molar-refractivity contribution is 0.0507. The number of rotatable bonds is 7. The topological polar surface area (TPSA) is 206 Å². The molecule has 0 unspecified atom stereocenters. The minimum absolute atomic E-state index is 0.0297. The summed E-state index contributed by atoms with van der Waals surface area (Å²) in [6.07, 6.45) is 0.933. The second-order valence-corrected chi connectivity index (χ2v) is 11.6. The number of hydrogen-bond acceptors (Lipinski definition) is 11. The van der Waals surface area contributed by atoms with Crippen LogP contribution in [0.25, 0.3) is 21.1 Å². The maximum Gasteiger partial charge on any atom is 0.412 e. The maximum atomic E-state index is 13.1. The summed E-state index contributed by atoms with van der Waals surface area (Å²) in [4.78, 5) is 54.6. The third-order valence-corrected chi connectivity index (χ3v) is 7.07. The lowest BCUT2D eigenvalue weighted by Gasteiger charge is -2.19. The van der Waals surface area contributed by atoms with Crippen LogP contribution in [0.2, 0.25) is 0 Å². The second-order valence-electron chi connectivity index (χ2n) is 10.5. The lowest BCUT2D eigenvalue weighted by atomic mass is 10.2. The number of carbonyl (C=O) groups is 4. The van der Waals surface area contributed by atoms with Crippen molar-refractivity contribution < 1.29 is 33.1 Å². The molecule has 5 rings (SSSR count). The van der Waals surface area contributed by atoms with Gasteiger partial charge in [0.05, 0.1) is 11.5 Å². The zero-order valence-electron chi connectivity index (χ0n) is 29.2. The highest BCUT2D eigenvalue weighted by atomic mass is 32.1. The summed E-state index contributed by atoms with van der Waals surface area (Å²) >= 11 is 1.32. The van der Waals surface area contributed by atoms with Crippen LogP contribution in [-0.4, -0.2) is 59.7 Å². The Morgan fingerprint density at radius 1 is 0.878 bits per heavy atom. The Labute approximate surface area is 289 Å². The SMILES string of the molecule is CC.CCOC(=O)c1nc(NC(=O)c2cc3cc(NC(=O)c4cc5cc(NC(=O)OC(C)(C)C)ccc5s4)ccc3o2)cn1C.CN.CN. The van der Waals surface area contributed by atoms with E-state index in [9.17, 15) is 19.2 Å². The van der Waals surface area contributed by atoms with Crippen molar-refractivity contribution in [3.05, 3.63) is 71.2 Å². The molecule has 3 amide bonds. The van der Waals surface area contributed by atoms with Gasteiger partial charge in [0.25, 0.3) is 11.8 Å². The van der Waals surface area contributed by atoms with Gasteiger partial charge in [0.2, 0.25) is 5.82 Å². The first kappa shape index (κ1) is 39.9. The Hall–Kier alpha value is -5.25. The largest absolute Gasteiger partial charge is 0.460 e. The first-order valence-corrected chi connectivity index (χ1v) is 16.3. The van der Waals surface area contributed by atoms with Gasteiger partial charge in [-0.25, -0.2) is 14.6 Å². The number of imidazole rings is 1. The molecule has 0 saturated carbocycles. The summed E-state index contributed by atoms with van der Waals surface area (Å²) in [7, 11) is 4.62. The molecule has 0 bridgehead atoms. The minimum Gasteiger partial charge on any atom is -0.460 e. The van der Waals surface area contributed by atoms with E-state index in [0.717, 1.165) is 10.1 Å². The monoisotopic (exact) mass is 695 g/mol. The van der Waals surface area contributed by atoms with Crippen LogP contribution in [-0.2, 0) is 16.5 Å². The number of nitrogens with two attached hydrogens (primary N) is 2. The Bertz CT molecular complexity index is 1890. The fraction of sp³-hybridized carbons (Fsp3) is 0.324. The number of aromatic nitrogens is 2. The number of hydrogen-bond donors (Lipinski definition) is 5. The van der Waals surface area contributed by atoms with E-state index in [-0.39, 0.29) is 29.9 Å². The number of benzene rings is 2. The lowest BCUT2D eigenvalue weighted by Crippen LogP contribution is -2.27. The van der Waals surface area contributed by atoms with Crippen LogP contribution in [0.5, 0.6) is 0 Å². The number of fused-ring (bicyclic) bond motifs is 2. The van der Waals surface area contributed by atoms with Crippen molar-refractivity contribution in [3.8, 4) is 0 Å². The molecule has 49 heavy (non-hydrogen) atoms. The van der Waals surface area contributed by atoms with Crippen molar-refractivity contribution in [2.24, 2.45) is 18.5 Å². The van der Waals surface area contributed by atoms with Gasteiger partial charge in [0.1, 0.15) is 11.2 Å². The molecule has 15 heteroatoms. The van der Waals surface area contributed by atoms with E-state index in [1.165, 1.54) is 36.2 Å². The van der Waals surface area contributed by atoms with Crippen molar-refractivity contribution in [2.75, 3.05) is 36.7 Å². The molecule has 5 aromatic rings. The number of carbonyl (C=O) groups excluding carboxylic acids is 4. The molecule has 14 nitrogen and oxygen atoms in total. The summed E-state index contributed by atoms with van der Waals surface area (Å²) in [6.45, 7) is 11.3. The van der Waals surface area contributed by atoms with Gasteiger partial charge in [0.15, 0.2) is 11.6 Å².